The largest absolute Gasteiger partial charge is 0.481 e. The highest BCUT2D eigenvalue weighted by molar-refractivity contribution is 5.89. The number of carbonyl (C=O) groups is 2. The van der Waals surface area contributed by atoms with Gasteiger partial charge in [-0.3, -0.25) is 9.59 Å². The minimum Gasteiger partial charge on any atom is -0.481 e. The number of carbonyl (C=O) groups excluding carboxylic acids is 1. The zero-order valence-electron chi connectivity index (χ0n) is 11.1. The van der Waals surface area contributed by atoms with Gasteiger partial charge in [-0.2, -0.15) is 0 Å². The highest BCUT2D eigenvalue weighted by Gasteiger charge is 2.48. The molecule has 0 radical (unpaired) electrons. The van der Waals surface area contributed by atoms with Crippen molar-refractivity contribution < 1.29 is 14.7 Å². The van der Waals surface area contributed by atoms with Crippen molar-refractivity contribution in [2.45, 2.75) is 45.2 Å². The van der Waals surface area contributed by atoms with E-state index in [1.807, 2.05) is 0 Å². The van der Waals surface area contributed by atoms with E-state index in [9.17, 15) is 9.59 Å². The fourth-order valence-corrected chi connectivity index (χ4v) is 2.63. The van der Waals surface area contributed by atoms with Crippen molar-refractivity contribution in [1.29, 1.82) is 0 Å². The number of hydrogen-bond acceptors (Lipinski definition) is 3. The van der Waals surface area contributed by atoms with Gasteiger partial charge in [-0.05, 0) is 33.1 Å². The van der Waals surface area contributed by atoms with E-state index < -0.39 is 11.9 Å². The molecular formula is C13H22N2O3. The monoisotopic (exact) mass is 254 g/mol. The summed E-state index contributed by atoms with van der Waals surface area (Å²) in [6, 6.07) is 0.781. The van der Waals surface area contributed by atoms with Gasteiger partial charge in [-0.25, -0.2) is 0 Å². The quantitative estimate of drug-likeness (QED) is 0.774. The molecule has 0 aromatic carbocycles. The topological polar surface area (TPSA) is 69.6 Å². The molecule has 1 aliphatic carbocycles. The van der Waals surface area contributed by atoms with E-state index in [1.165, 1.54) is 0 Å². The second kappa shape index (κ2) is 5.26. The van der Waals surface area contributed by atoms with Crippen LogP contribution in [0.1, 0.15) is 33.1 Å². The second-order valence-electron chi connectivity index (χ2n) is 5.70. The Hall–Kier alpha value is -1.10. The lowest BCUT2D eigenvalue weighted by Crippen LogP contribution is -2.47. The highest BCUT2D eigenvalue weighted by atomic mass is 16.4. The van der Waals surface area contributed by atoms with Crippen molar-refractivity contribution in [3.8, 4) is 0 Å². The zero-order valence-corrected chi connectivity index (χ0v) is 11.1. The molecule has 2 aliphatic rings. The third kappa shape index (κ3) is 3.02. The first-order valence-electron chi connectivity index (χ1n) is 6.76. The number of rotatable bonds is 4. The lowest BCUT2D eigenvalue weighted by atomic mass is 10.0. The van der Waals surface area contributed by atoms with Gasteiger partial charge in [0.05, 0.1) is 11.8 Å². The molecule has 2 atom stereocenters. The molecule has 5 nitrogen and oxygen atoms in total. The van der Waals surface area contributed by atoms with Crippen LogP contribution in [0.15, 0.2) is 0 Å². The molecule has 2 N–H and O–H groups in total. The van der Waals surface area contributed by atoms with E-state index in [0.717, 1.165) is 25.9 Å². The predicted octanol–water partition coefficient (Wildman–Crippen LogP) is 0.696. The Morgan fingerprint density at radius 3 is 2.28 bits per heavy atom. The Balaban J connectivity index is 1.72. The maximum Gasteiger partial charge on any atom is 0.307 e. The average molecular weight is 254 g/mol. The molecule has 1 amide bonds. The molecule has 1 saturated carbocycles. The summed E-state index contributed by atoms with van der Waals surface area (Å²) in [4.78, 5) is 24.9. The third-order valence-corrected chi connectivity index (χ3v) is 4.05. The van der Waals surface area contributed by atoms with E-state index in [2.05, 4.69) is 24.1 Å². The molecule has 0 aromatic rings. The van der Waals surface area contributed by atoms with Gasteiger partial charge >= 0.3 is 5.97 Å². The fraction of sp³-hybridized carbons (Fsp3) is 0.846. The minimum absolute atomic E-state index is 0.0644. The smallest absolute Gasteiger partial charge is 0.307 e. The first kappa shape index (κ1) is 13.3. The van der Waals surface area contributed by atoms with Crippen molar-refractivity contribution in [2.24, 2.45) is 11.8 Å². The van der Waals surface area contributed by atoms with Crippen LogP contribution in [0.25, 0.3) is 0 Å². The molecule has 1 saturated heterocycles. The lowest BCUT2D eigenvalue weighted by Gasteiger charge is -2.34. The molecule has 102 valence electrons. The van der Waals surface area contributed by atoms with Gasteiger partial charge in [0.1, 0.15) is 0 Å². The molecule has 2 rings (SSSR count). The van der Waals surface area contributed by atoms with Crippen molar-refractivity contribution in [3.63, 3.8) is 0 Å². The van der Waals surface area contributed by atoms with Crippen LogP contribution in [0.4, 0.5) is 0 Å². The summed E-state index contributed by atoms with van der Waals surface area (Å²) in [5.41, 5.74) is 0. The number of carboxylic acid groups (broad SMARTS) is 1. The summed E-state index contributed by atoms with van der Waals surface area (Å²) < 4.78 is 0. The summed E-state index contributed by atoms with van der Waals surface area (Å²) in [7, 11) is 0. The number of carboxylic acids is 1. The lowest BCUT2D eigenvalue weighted by molar-refractivity contribution is -0.140. The van der Waals surface area contributed by atoms with Crippen LogP contribution in [-0.2, 0) is 9.59 Å². The SMILES string of the molecule is CC(C)N1CCC(NC(=O)[C@@H]2C[C@@H]2C(=O)O)CC1. The van der Waals surface area contributed by atoms with Crippen molar-refractivity contribution in [1.82, 2.24) is 10.2 Å². The van der Waals surface area contributed by atoms with Crippen LogP contribution >= 0.6 is 0 Å². The van der Waals surface area contributed by atoms with Crippen molar-refractivity contribution in [3.05, 3.63) is 0 Å². The van der Waals surface area contributed by atoms with E-state index in [1.54, 1.807) is 0 Å². The second-order valence-corrected chi connectivity index (χ2v) is 5.70. The van der Waals surface area contributed by atoms with E-state index in [-0.39, 0.29) is 17.9 Å². The van der Waals surface area contributed by atoms with Crippen LogP contribution in [-0.4, -0.2) is 47.1 Å². The predicted molar refractivity (Wildman–Crippen MR) is 67.1 cm³/mol. The van der Waals surface area contributed by atoms with Crippen LogP contribution in [0.3, 0.4) is 0 Å². The first-order valence-corrected chi connectivity index (χ1v) is 6.76. The number of piperidine rings is 1. The molecule has 1 heterocycles. The summed E-state index contributed by atoms with van der Waals surface area (Å²) in [6.45, 7) is 6.38. The Morgan fingerprint density at radius 1 is 1.22 bits per heavy atom. The molecule has 0 aromatic heterocycles. The Morgan fingerprint density at radius 2 is 1.83 bits per heavy atom. The molecule has 5 heteroatoms. The van der Waals surface area contributed by atoms with Gasteiger partial charge in [0.25, 0.3) is 0 Å². The summed E-state index contributed by atoms with van der Waals surface area (Å²) in [6.07, 6.45) is 2.44. The fourth-order valence-electron chi connectivity index (χ4n) is 2.63. The molecule has 0 bridgehead atoms. The molecular weight excluding hydrogens is 232 g/mol. The number of amides is 1. The number of aliphatic carboxylic acids is 1. The molecule has 0 spiro atoms. The minimum atomic E-state index is -0.843. The standard InChI is InChI=1S/C13H22N2O3/c1-8(2)15-5-3-9(4-6-15)14-12(16)10-7-11(10)13(17)18/h8-11H,3-7H2,1-2H3,(H,14,16)(H,17,18)/t10-,11+/m1/s1. The van der Waals surface area contributed by atoms with Gasteiger partial charge in [-0.1, -0.05) is 0 Å². The summed E-state index contributed by atoms with van der Waals surface area (Å²) in [5.74, 6) is -1.64. The van der Waals surface area contributed by atoms with Gasteiger partial charge in [0.15, 0.2) is 0 Å². The maximum absolute atomic E-state index is 11.8. The third-order valence-electron chi connectivity index (χ3n) is 4.05. The number of hydrogen-bond donors (Lipinski definition) is 2. The number of nitrogens with one attached hydrogen (secondary N) is 1. The van der Waals surface area contributed by atoms with E-state index >= 15 is 0 Å². The molecule has 1 aliphatic heterocycles. The summed E-state index contributed by atoms with van der Waals surface area (Å²) in [5, 5.41) is 11.8. The van der Waals surface area contributed by atoms with Gasteiger partial charge in [0, 0.05) is 25.2 Å². The van der Waals surface area contributed by atoms with Crippen LogP contribution in [0.5, 0.6) is 0 Å². The Bertz CT molecular complexity index is 335. The number of likely N-dealkylation sites (tertiary alicyclic amines) is 1. The Labute approximate surface area is 108 Å². The van der Waals surface area contributed by atoms with E-state index in [4.69, 9.17) is 5.11 Å². The normalized spacial score (nSPS) is 29.3. The molecule has 0 unspecified atom stereocenters. The first-order chi connectivity index (χ1) is 8.49. The van der Waals surface area contributed by atoms with Gasteiger partial charge < -0.3 is 15.3 Å². The van der Waals surface area contributed by atoms with Crippen LogP contribution in [0.2, 0.25) is 0 Å². The van der Waals surface area contributed by atoms with E-state index in [0.29, 0.717) is 12.5 Å². The maximum atomic E-state index is 11.8. The summed E-state index contributed by atoms with van der Waals surface area (Å²) >= 11 is 0. The van der Waals surface area contributed by atoms with Crippen LogP contribution < -0.4 is 5.32 Å². The van der Waals surface area contributed by atoms with Crippen molar-refractivity contribution in [2.75, 3.05) is 13.1 Å². The highest BCUT2D eigenvalue weighted by Crippen LogP contribution is 2.38. The van der Waals surface area contributed by atoms with Gasteiger partial charge in [0.2, 0.25) is 5.91 Å². The Kier molecular flexibility index (Phi) is 3.90. The average Bonchev–Trinajstić information content (AvgIpc) is 3.09. The number of nitrogens with zero attached hydrogens (tertiary/aromatic N) is 1. The molecule has 2 fully saturated rings. The van der Waals surface area contributed by atoms with Crippen molar-refractivity contribution >= 4 is 11.9 Å². The molecule has 18 heavy (non-hydrogen) atoms. The zero-order chi connectivity index (χ0) is 13.3. The van der Waals surface area contributed by atoms with Gasteiger partial charge in [-0.15, -0.1) is 0 Å². The van der Waals surface area contributed by atoms with Crippen LogP contribution in [0, 0.1) is 11.8 Å².